The second-order valence-corrected chi connectivity index (χ2v) is 6.93. The van der Waals surface area contributed by atoms with Gasteiger partial charge in [0.25, 0.3) is 5.91 Å². The molecule has 0 atom stereocenters. The van der Waals surface area contributed by atoms with Crippen molar-refractivity contribution < 1.29 is 14.3 Å². The van der Waals surface area contributed by atoms with Crippen LogP contribution in [0.4, 0.5) is 11.5 Å². The fourth-order valence-corrected chi connectivity index (χ4v) is 2.96. The highest BCUT2D eigenvalue weighted by atomic mass is 16.5. The zero-order chi connectivity index (χ0) is 19.8. The number of nitrogens with zero attached hydrogens (tertiary/aromatic N) is 2. The number of carbonyl (C=O) groups excluding carboxylic acids is 1. The lowest BCUT2D eigenvalue weighted by Crippen LogP contribution is -2.39. The van der Waals surface area contributed by atoms with Crippen LogP contribution in [0.25, 0.3) is 0 Å². The number of morpholine rings is 1. The van der Waals surface area contributed by atoms with Gasteiger partial charge >= 0.3 is 0 Å². The summed E-state index contributed by atoms with van der Waals surface area (Å²) in [4.78, 5) is 19.3. The molecule has 1 aromatic carbocycles. The fraction of sp³-hybridized carbons (Fsp3) is 0.429. The number of hydrogen-bond acceptors (Lipinski definition) is 6. The van der Waals surface area contributed by atoms with E-state index in [1.807, 2.05) is 38.1 Å². The van der Waals surface area contributed by atoms with E-state index in [1.165, 1.54) is 0 Å². The number of aromatic nitrogens is 1. The number of anilines is 2. The summed E-state index contributed by atoms with van der Waals surface area (Å²) in [6.07, 6.45) is 1.67. The number of nitrogens with one attached hydrogen (secondary N) is 2. The van der Waals surface area contributed by atoms with Gasteiger partial charge in [-0.3, -0.25) is 9.69 Å². The lowest BCUT2D eigenvalue weighted by atomic mass is 10.2. The summed E-state index contributed by atoms with van der Waals surface area (Å²) in [7, 11) is 0. The van der Waals surface area contributed by atoms with E-state index in [2.05, 4.69) is 20.5 Å². The molecule has 150 valence electrons. The molecule has 28 heavy (non-hydrogen) atoms. The molecule has 7 nitrogen and oxygen atoms in total. The van der Waals surface area contributed by atoms with E-state index in [0.717, 1.165) is 39.4 Å². The van der Waals surface area contributed by atoms with Crippen molar-refractivity contribution in [2.45, 2.75) is 20.0 Å². The van der Waals surface area contributed by atoms with Gasteiger partial charge in [-0.15, -0.1) is 0 Å². The molecule has 2 aromatic rings. The maximum absolute atomic E-state index is 12.7. The third-order valence-electron chi connectivity index (χ3n) is 4.36. The monoisotopic (exact) mass is 384 g/mol. The minimum Gasteiger partial charge on any atom is -0.489 e. The Labute approximate surface area is 166 Å². The van der Waals surface area contributed by atoms with Crippen molar-refractivity contribution in [3.8, 4) is 5.75 Å². The molecule has 1 aromatic heterocycles. The van der Waals surface area contributed by atoms with Gasteiger partial charge in [-0.25, -0.2) is 4.98 Å². The van der Waals surface area contributed by atoms with E-state index in [-0.39, 0.29) is 12.0 Å². The van der Waals surface area contributed by atoms with Crippen molar-refractivity contribution in [3.05, 3.63) is 48.2 Å². The number of hydrogen-bond donors (Lipinski definition) is 2. The largest absolute Gasteiger partial charge is 0.489 e. The molecule has 1 aliphatic rings. The Kier molecular flexibility index (Phi) is 7.22. The van der Waals surface area contributed by atoms with Crippen LogP contribution in [0.15, 0.2) is 42.6 Å². The van der Waals surface area contributed by atoms with Crippen LogP contribution in [0.2, 0.25) is 0 Å². The zero-order valence-electron chi connectivity index (χ0n) is 16.5. The molecule has 1 aliphatic heterocycles. The van der Waals surface area contributed by atoms with Gasteiger partial charge in [0.2, 0.25) is 0 Å². The van der Waals surface area contributed by atoms with Gasteiger partial charge in [0.05, 0.1) is 25.0 Å². The highest BCUT2D eigenvalue weighted by molar-refractivity contribution is 6.05. The number of rotatable bonds is 8. The minimum absolute atomic E-state index is 0.0289. The van der Waals surface area contributed by atoms with Gasteiger partial charge in [0.15, 0.2) is 0 Å². The highest BCUT2D eigenvalue weighted by Gasteiger charge is 2.12. The van der Waals surface area contributed by atoms with E-state index >= 15 is 0 Å². The number of carbonyl (C=O) groups is 1. The fourth-order valence-electron chi connectivity index (χ4n) is 2.96. The first-order valence-corrected chi connectivity index (χ1v) is 9.69. The summed E-state index contributed by atoms with van der Waals surface area (Å²) in [6.45, 7) is 9.08. The third-order valence-corrected chi connectivity index (χ3v) is 4.36. The van der Waals surface area contributed by atoms with Gasteiger partial charge in [-0.2, -0.15) is 0 Å². The molecule has 1 saturated heterocycles. The average molecular weight is 384 g/mol. The number of benzene rings is 1. The smallest absolute Gasteiger partial charge is 0.255 e. The molecule has 1 amide bonds. The van der Waals surface area contributed by atoms with Crippen molar-refractivity contribution in [1.29, 1.82) is 0 Å². The molecular weight excluding hydrogens is 356 g/mol. The topological polar surface area (TPSA) is 75.7 Å². The Balaban J connectivity index is 1.58. The van der Waals surface area contributed by atoms with Crippen LogP contribution >= 0.6 is 0 Å². The third kappa shape index (κ3) is 5.94. The molecule has 1 fully saturated rings. The first-order chi connectivity index (χ1) is 13.6. The van der Waals surface area contributed by atoms with Crippen molar-refractivity contribution in [1.82, 2.24) is 9.88 Å². The van der Waals surface area contributed by atoms with Crippen molar-refractivity contribution >= 4 is 17.4 Å². The Morgan fingerprint density at radius 2 is 2.04 bits per heavy atom. The summed E-state index contributed by atoms with van der Waals surface area (Å²) in [6, 6.07) is 10.9. The van der Waals surface area contributed by atoms with Crippen LogP contribution in [0.1, 0.15) is 24.2 Å². The zero-order valence-corrected chi connectivity index (χ0v) is 16.5. The summed E-state index contributed by atoms with van der Waals surface area (Å²) >= 11 is 0. The van der Waals surface area contributed by atoms with E-state index in [4.69, 9.17) is 9.47 Å². The van der Waals surface area contributed by atoms with Gasteiger partial charge < -0.3 is 20.1 Å². The number of para-hydroxylation sites is 2. The van der Waals surface area contributed by atoms with Crippen molar-refractivity contribution in [2.24, 2.45) is 0 Å². The molecule has 3 rings (SSSR count). The van der Waals surface area contributed by atoms with Gasteiger partial charge in [0.1, 0.15) is 11.6 Å². The Hall–Kier alpha value is -2.64. The maximum Gasteiger partial charge on any atom is 0.255 e. The molecule has 0 bridgehead atoms. The minimum atomic E-state index is -0.196. The Bertz CT molecular complexity index is 776. The van der Waals surface area contributed by atoms with Crippen LogP contribution < -0.4 is 15.4 Å². The van der Waals surface area contributed by atoms with Crippen LogP contribution in [0, 0.1) is 0 Å². The maximum atomic E-state index is 12.7. The molecule has 0 aliphatic carbocycles. The second-order valence-electron chi connectivity index (χ2n) is 6.93. The SMILES string of the molecule is CC(C)Oc1ccccc1NC(=O)c1ccnc(NCCN2CCOCC2)c1. The van der Waals surface area contributed by atoms with Crippen molar-refractivity contribution in [3.63, 3.8) is 0 Å². The predicted octanol–water partition coefficient (Wildman–Crippen LogP) is 2.87. The van der Waals surface area contributed by atoms with Gasteiger partial charge in [0, 0.05) is 37.9 Å². The van der Waals surface area contributed by atoms with Crippen LogP contribution in [0.5, 0.6) is 5.75 Å². The predicted molar refractivity (Wildman–Crippen MR) is 110 cm³/mol. The number of pyridine rings is 1. The first kappa shape index (κ1) is 20.1. The van der Waals surface area contributed by atoms with E-state index in [1.54, 1.807) is 18.3 Å². The second kappa shape index (κ2) is 10.1. The summed E-state index contributed by atoms with van der Waals surface area (Å²) in [5.41, 5.74) is 1.20. The molecule has 0 radical (unpaired) electrons. The summed E-state index contributed by atoms with van der Waals surface area (Å²) < 4.78 is 11.1. The Morgan fingerprint density at radius 3 is 2.82 bits per heavy atom. The summed E-state index contributed by atoms with van der Waals surface area (Å²) in [5, 5.41) is 6.22. The van der Waals surface area contributed by atoms with Crippen molar-refractivity contribution in [2.75, 3.05) is 50.0 Å². The summed E-state index contributed by atoms with van der Waals surface area (Å²) in [5.74, 6) is 1.15. The average Bonchev–Trinajstić information content (AvgIpc) is 2.70. The van der Waals surface area contributed by atoms with Gasteiger partial charge in [-0.1, -0.05) is 12.1 Å². The highest BCUT2D eigenvalue weighted by Crippen LogP contribution is 2.25. The molecular formula is C21H28N4O3. The van der Waals surface area contributed by atoms with E-state index < -0.39 is 0 Å². The normalized spacial score (nSPS) is 14.7. The van der Waals surface area contributed by atoms with E-state index in [9.17, 15) is 4.79 Å². The van der Waals surface area contributed by atoms with Crippen LogP contribution in [0.3, 0.4) is 0 Å². The van der Waals surface area contributed by atoms with Crippen LogP contribution in [-0.2, 0) is 4.74 Å². The van der Waals surface area contributed by atoms with E-state index in [0.29, 0.717) is 22.8 Å². The molecule has 7 heteroatoms. The van der Waals surface area contributed by atoms with Gasteiger partial charge in [-0.05, 0) is 38.1 Å². The van der Waals surface area contributed by atoms with Crippen LogP contribution in [-0.4, -0.2) is 61.3 Å². The quantitative estimate of drug-likeness (QED) is 0.729. The Morgan fingerprint density at radius 1 is 1.25 bits per heavy atom. The number of ether oxygens (including phenoxy) is 2. The molecule has 0 unspecified atom stereocenters. The number of amides is 1. The first-order valence-electron chi connectivity index (χ1n) is 9.69. The molecule has 0 saturated carbocycles. The standard InChI is InChI=1S/C21H28N4O3/c1-16(2)28-19-6-4-3-5-18(19)24-21(26)17-7-8-22-20(15-17)23-9-10-25-11-13-27-14-12-25/h3-8,15-16H,9-14H2,1-2H3,(H,22,23)(H,24,26). The lowest BCUT2D eigenvalue weighted by Gasteiger charge is -2.26. The molecule has 2 N–H and O–H groups in total. The molecule has 0 spiro atoms. The molecule has 2 heterocycles. The lowest BCUT2D eigenvalue weighted by molar-refractivity contribution is 0.0398.